The number of unbranched alkanes of at least 4 members (excludes halogenated alkanes) is 3. The van der Waals surface area contributed by atoms with Crippen molar-refractivity contribution in [2.75, 3.05) is 31.2 Å². The molecule has 9 heteroatoms. The Morgan fingerprint density at radius 1 is 1.10 bits per heavy atom. The van der Waals surface area contributed by atoms with Crippen LogP contribution < -0.4 is 5.32 Å². The van der Waals surface area contributed by atoms with E-state index in [0.29, 0.717) is 30.0 Å². The molecule has 1 aromatic heterocycles. The Bertz CT molecular complexity index is 875. The average molecular weight is 470 g/mol. The molecule has 1 atom stereocenters. The zero-order valence-electron chi connectivity index (χ0n) is 18.7. The predicted molar refractivity (Wildman–Crippen MR) is 125 cm³/mol. The maximum absolute atomic E-state index is 13.4. The van der Waals surface area contributed by atoms with E-state index in [9.17, 15) is 18.0 Å². The SMILES string of the molecule is CCCCCCc1csc(NC(=O)C2CCCN2S(C)(=O)=O)c1C(=O)N1CCCCC1. The molecular formula is C22H35N3O4S2. The molecule has 2 aliphatic rings. The molecule has 0 radical (unpaired) electrons. The second kappa shape index (κ2) is 10.9. The quantitative estimate of drug-likeness (QED) is 0.557. The molecule has 0 spiro atoms. The van der Waals surface area contributed by atoms with E-state index in [2.05, 4.69) is 12.2 Å². The Kier molecular flexibility index (Phi) is 8.52. The highest BCUT2D eigenvalue weighted by atomic mass is 32.2. The van der Waals surface area contributed by atoms with Crippen LogP contribution in [-0.4, -0.2) is 61.4 Å². The number of carbonyl (C=O) groups is 2. The fourth-order valence-corrected chi connectivity index (χ4v) is 6.61. The number of nitrogens with zero attached hydrogens (tertiary/aromatic N) is 2. The number of hydrogen-bond acceptors (Lipinski definition) is 5. The van der Waals surface area contributed by atoms with Gasteiger partial charge in [-0.2, -0.15) is 4.31 Å². The number of thiophene rings is 1. The standard InChI is InChI=1S/C22H35N3O4S2/c1-3-4-5-7-11-17-16-30-21(19(17)22(27)24-13-8-6-9-14-24)23-20(26)18-12-10-15-25(18)31(2,28)29/h16,18H,3-15H2,1-2H3,(H,23,26). The van der Waals surface area contributed by atoms with Crippen LogP contribution in [0.1, 0.15) is 80.6 Å². The Labute approximate surface area is 190 Å². The fourth-order valence-electron chi connectivity index (χ4n) is 4.50. The normalized spacial score (nSPS) is 20.2. The van der Waals surface area contributed by atoms with Gasteiger partial charge in [0.15, 0.2) is 0 Å². The minimum absolute atomic E-state index is 0.00636. The van der Waals surface area contributed by atoms with Gasteiger partial charge in [-0.25, -0.2) is 8.42 Å². The van der Waals surface area contributed by atoms with Gasteiger partial charge in [0.05, 0.1) is 11.8 Å². The maximum Gasteiger partial charge on any atom is 0.257 e. The molecule has 3 rings (SSSR count). The van der Waals surface area contributed by atoms with Crippen molar-refractivity contribution in [2.45, 2.75) is 77.2 Å². The van der Waals surface area contributed by atoms with Gasteiger partial charge in [0, 0.05) is 19.6 Å². The predicted octanol–water partition coefficient (Wildman–Crippen LogP) is 3.86. The van der Waals surface area contributed by atoms with E-state index in [4.69, 9.17) is 0 Å². The van der Waals surface area contributed by atoms with Gasteiger partial charge in [0.2, 0.25) is 15.9 Å². The van der Waals surface area contributed by atoms with Crippen molar-refractivity contribution in [3.8, 4) is 0 Å². The highest BCUT2D eigenvalue weighted by Crippen LogP contribution is 2.33. The van der Waals surface area contributed by atoms with E-state index in [1.54, 1.807) is 0 Å². The lowest BCUT2D eigenvalue weighted by Crippen LogP contribution is -2.42. The maximum atomic E-state index is 13.4. The molecule has 174 valence electrons. The van der Waals surface area contributed by atoms with Gasteiger partial charge < -0.3 is 10.2 Å². The van der Waals surface area contributed by atoms with E-state index in [-0.39, 0.29) is 11.8 Å². The number of aryl methyl sites for hydroxylation is 1. The molecule has 3 heterocycles. The van der Waals surface area contributed by atoms with Crippen LogP contribution in [0.4, 0.5) is 5.00 Å². The molecule has 1 unspecified atom stereocenters. The first kappa shape index (κ1) is 24.2. The van der Waals surface area contributed by atoms with E-state index in [1.165, 1.54) is 22.1 Å². The topological polar surface area (TPSA) is 86.8 Å². The van der Waals surface area contributed by atoms with Crippen molar-refractivity contribution in [3.63, 3.8) is 0 Å². The van der Waals surface area contributed by atoms with Crippen LogP contribution in [0, 0.1) is 0 Å². The molecule has 1 N–H and O–H groups in total. The van der Waals surface area contributed by atoms with Gasteiger partial charge in [-0.05, 0) is 55.9 Å². The second-order valence-electron chi connectivity index (χ2n) is 8.65. The minimum Gasteiger partial charge on any atom is -0.339 e. The molecule has 1 aromatic rings. The summed E-state index contributed by atoms with van der Waals surface area (Å²) >= 11 is 1.38. The summed E-state index contributed by atoms with van der Waals surface area (Å²) in [5.41, 5.74) is 1.61. The first-order valence-corrected chi connectivity index (χ1v) is 14.2. The zero-order chi connectivity index (χ0) is 22.4. The van der Waals surface area contributed by atoms with Crippen molar-refractivity contribution in [1.82, 2.24) is 9.21 Å². The molecule has 0 saturated carbocycles. The number of sulfonamides is 1. The van der Waals surface area contributed by atoms with Crippen LogP contribution in [0.2, 0.25) is 0 Å². The van der Waals surface area contributed by atoms with Gasteiger partial charge in [-0.3, -0.25) is 9.59 Å². The third kappa shape index (κ3) is 6.08. The summed E-state index contributed by atoms with van der Waals surface area (Å²) in [6.07, 6.45) is 10.8. The van der Waals surface area contributed by atoms with Gasteiger partial charge in [-0.15, -0.1) is 11.3 Å². The van der Waals surface area contributed by atoms with Crippen molar-refractivity contribution in [2.24, 2.45) is 0 Å². The third-order valence-corrected chi connectivity index (χ3v) is 8.43. The van der Waals surface area contributed by atoms with Gasteiger partial charge in [-0.1, -0.05) is 26.2 Å². The van der Waals surface area contributed by atoms with Gasteiger partial charge >= 0.3 is 0 Å². The number of anilines is 1. The average Bonchev–Trinajstić information content (AvgIpc) is 3.39. The Balaban J connectivity index is 1.80. The summed E-state index contributed by atoms with van der Waals surface area (Å²) in [7, 11) is -3.44. The summed E-state index contributed by atoms with van der Waals surface area (Å²) in [6.45, 7) is 4.04. The lowest BCUT2D eigenvalue weighted by atomic mass is 10.0. The molecule has 7 nitrogen and oxygen atoms in total. The van der Waals surface area contributed by atoms with Crippen LogP contribution in [0.5, 0.6) is 0 Å². The number of rotatable bonds is 9. The van der Waals surface area contributed by atoms with Crippen molar-refractivity contribution >= 4 is 38.2 Å². The third-order valence-electron chi connectivity index (χ3n) is 6.19. The van der Waals surface area contributed by atoms with E-state index >= 15 is 0 Å². The Morgan fingerprint density at radius 3 is 2.52 bits per heavy atom. The van der Waals surface area contributed by atoms with Crippen LogP contribution in [0.3, 0.4) is 0 Å². The largest absolute Gasteiger partial charge is 0.339 e. The summed E-state index contributed by atoms with van der Waals surface area (Å²) in [5, 5.41) is 5.47. The van der Waals surface area contributed by atoms with E-state index in [0.717, 1.165) is 69.9 Å². The number of piperidine rings is 1. The monoisotopic (exact) mass is 469 g/mol. The highest BCUT2D eigenvalue weighted by molar-refractivity contribution is 7.88. The molecule has 0 bridgehead atoms. The lowest BCUT2D eigenvalue weighted by Gasteiger charge is -2.27. The Morgan fingerprint density at radius 2 is 1.84 bits per heavy atom. The molecule has 2 aliphatic heterocycles. The number of likely N-dealkylation sites (tertiary alicyclic amines) is 1. The number of carbonyl (C=O) groups excluding carboxylic acids is 2. The lowest BCUT2D eigenvalue weighted by molar-refractivity contribution is -0.119. The van der Waals surface area contributed by atoms with Crippen molar-refractivity contribution < 1.29 is 18.0 Å². The van der Waals surface area contributed by atoms with Gasteiger partial charge in [0.1, 0.15) is 11.0 Å². The summed E-state index contributed by atoms with van der Waals surface area (Å²) in [5.74, 6) is -0.344. The minimum atomic E-state index is -3.44. The smallest absolute Gasteiger partial charge is 0.257 e. The second-order valence-corrected chi connectivity index (χ2v) is 11.5. The van der Waals surface area contributed by atoms with E-state index < -0.39 is 16.1 Å². The molecule has 2 fully saturated rings. The molecule has 0 aromatic carbocycles. The zero-order valence-corrected chi connectivity index (χ0v) is 20.3. The summed E-state index contributed by atoms with van der Waals surface area (Å²) < 4.78 is 25.4. The summed E-state index contributed by atoms with van der Waals surface area (Å²) in [6, 6.07) is -0.706. The van der Waals surface area contributed by atoms with E-state index in [1.807, 2.05) is 10.3 Å². The fraction of sp³-hybridized carbons (Fsp3) is 0.727. The molecular weight excluding hydrogens is 434 g/mol. The van der Waals surface area contributed by atoms with Crippen LogP contribution in [0.25, 0.3) is 0 Å². The molecule has 2 amide bonds. The number of nitrogens with one attached hydrogen (secondary N) is 1. The van der Waals surface area contributed by atoms with Crippen LogP contribution in [0.15, 0.2) is 5.38 Å². The molecule has 2 saturated heterocycles. The first-order valence-electron chi connectivity index (χ1n) is 11.5. The van der Waals surface area contributed by atoms with Crippen molar-refractivity contribution in [1.29, 1.82) is 0 Å². The Hall–Kier alpha value is -1.45. The van der Waals surface area contributed by atoms with Crippen molar-refractivity contribution in [3.05, 3.63) is 16.5 Å². The number of amides is 2. The van der Waals surface area contributed by atoms with Crippen LogP contribution >= 0.6 is 11.3 Å². The van der Waals surface area contributed by atoms with Gasteiger partial charge in [0.25, 0.3) is 5.91 Å². The highest BCUT2D eigenvalue weighted by Gasteiger charge is 2.37. The summed E-state index contributed by atoms with van der Waals surface area (Å²) in [4.78, 5) is 28.3. The molecule has 0 aliphatic carbocycles. The first-order chi connectivity index (χ1) is 14.8. The number of hydrogen-bond donors (Lipinski definition) is 1. The molecule has 31 heavy (non-hydrogen) atoms. The van der Waals surface area contributed by atoms with Crippen LogP contribution in [-0.2, 0) is 21.2 Å².